The molecule has 2 N–H and O–H groups in total. The Kier molecular flexibility index (Phi) is 7.67. The second-order valence-electron chi connectivity index (χ2n) is 6.05. The molecule has 0 fully saturated rings. The maximum absolute atomic E-state index is 12.4. The Morgan fingerprint density at radius 3 is 2.70 bits per heavy atom. The van der Waals surface area contributed by atoms with E-state index in [9.17, 15) is 9.59 Å². The molecule has 30 heavy (non-hydrogen) atoms. The monoisotopic (exact) mass is 465 g/mol. The van der Waals surface area contributed by atoms with Crippen molar-refractivity contribution in [2.24, 2.45) is 0 Å². The summed E-state index contributed by atoms with van der Waals surface area (Å²) in [6.07, 6.45) is 0. The van der Waals surface area contributed by atoms with Crippen molar-refractivity contribution in [2.45, 2.75) is 13.5 Å². The molecule has 0 aliphatic rings. The number of thiophene rings is 1. The SMILES string of the molecule is CCNC(=O)COc1ccc(CNC(=O)c2csc(-c3ccc(Cl)s3)n2)cc1OC. The van der Waals surface area contributed by atoms with Crippen LogP contribution in [0.3, 0.4) is 0 Å². The summed E-state index contributed by atoms with van der Waals surface area (Å²) in [4.78, 5) is 29.3. The van der Waals surface area contributed by atoms with Crippen LogP contribution < -0.4 is 20.1 Å². The molecule has 2 amide bonds. The van der Waals surface area contributed by atoms with E-state index in [2.05, 4.69) is 15.6 Å². The van der Waals surface area contributed by atoms with Gasteiger partial charge in [-0.2, -0.15) is 0 Å². The number of nitrogens with zero attached hydrogens (tertiary/aromatic N) is 1. The molecule has 1 aromatic carbocycles. The average Bonchev–Trinajstić information content (AvgIpc) is 3.40. The smallest absolute Gasteiger partial charge is 0.271 e. The number of halogens is 1. The quantitative estimate of drug-likeness (QED) is 0.499. The molecular formula is C20H20ClN3O4S2. The summed E-state index contributed by atoms with van der Waals surface area (Å²) in [5, 5.41) is 7.98. The molecule has 10 heteroatoms. The van der Waals surface area contributed by atoms with Crippen LogP contribution in [-0.2, 0) is 11.3 Å². The van der Waals surface area contributed by atoms with Gasteiger partial charge in [0, 0.05) is 18.5 Å². The maximum Gasteiger partial charge on any atom is 0.271 e. The van der Waals surface area contributed by atoms with Gasteiger partial charge in [0.2, 0.25) is 0 Å². The number of methoxy groups -OCH3 is 1. The number of thiazole rings is 1. The van der Waals surface area contributed by atoms with E-state index in [4.69, 9.17) is 21.1 Å². The molecule has 0 aliphatic heterocycles. The van der Waals surface area contributed by atoms with Gasteiger partial charge in [-0.15, -0.1) is 22.7 Å². The van der Waals surface area contributed by atoms with Gasteiger partial charge in [0.15, 0.2) is 18.1 Å². The summed E-state index contributed by atoms with van der Waals surface area (Å²) < 4.78 is 11.5. The largest absolute Gasteiger partial charge is 0.493 e. The number of rotatable bonds is 9. The number of carbonyl (C=O) groups excluding carboxylic acids is 2. The first-order valence-corrected chi connectivity index (χ1v) is 11.1. The highest BCUT2D eigenvalue weighted by molar-refractivity contribution is 7.23. The molecule has 7 nitrogen and oxygen atoms in total. The minimum Gasteiger partial charge on any atom is -0.493 e. The van der Waals surface area contributed by atoms with Crippen molar-refractivity contribution in [3.63, 3.8) is 0 Å². The van der Waals surface area contributed by atoms with E-state index in [-0.39, 0.29) is 18.4 Å². The zero-order chi connectivity index (χ0) is 21.5. The predicted molar refractivity (Wildman–Crippen MR) is 119 cm³/mol. The van der Waals surface area contributed by atoms with Crippen LogP contribution in [-0.4, -0.2) is 37.1 Å². The number of hydrogen-bond donors (Lipinski definition) is 2. The Hall–Kier alpha value is -2.62. The second-order valence-corrected chi connectivity index (χ2v) is 8.62. The summed E-state index contributed by atoms with van der Waals surface area (Å²) >= 11 is 8.78. The van der Waals surface area contributed by atoms with E-state index in [1.807, 2.05) is 13.0 Å². The molecule has 0 aliphatic carbocycles. The van der Waals surface area contributed by atoms with Crippen molar-refractivity contribution in [1.29, 1.82) is 0 Å². The van der Waals surface area contributed by atoms with Gasteiger partial charge in [0.1, 0.15) is 10.7 Å². The molecule has 2 heterocycles. The normalized spacial score (nSPS) is 10.5. The average molecular weight is 466 g/mol. The lowest BCUT2D eigenvalue weighted by Gasteiger charge is -2.12. The van der Waals surface area contributed by atoms with E-state index in [1.165, 1.54) is 29.8 Å². The predicted octanol–water partition coefficient (Wildman–Crippen LogP) is 3.98. The van der Waals surface area contributed by atoms with Gasteiger partial charge in [0.25, 0.3) is 11.8 Å². The summed E-state index contributed by atoms with van der Waals surface area (Å²) in [5.74, 6) is 0.466. The summed E-state index contributed by atoms with van der Waals surface area (Å²) in [6, 6.07) is 8.96. The zero-order valence-electron chi connectivity index (χ0n) is 16.4. The Morgan fingerprint density at radius 2 is 2.00 bits per heavy atom. The van der Waals surface area contributed by atoms with Crippen molar-refractivity contribution in [2.75, 3.05) is 20.3 Å². The van der Waals surface area contributed by atoms with E-state index < -0.39 is 0 Å². The van der Waals surface area contributed by atoms with Gasteiger partial charge in [0.05, 0.1) is 16.3 Å². The van der Waals surface area contributed by atoms with E-state index in [0.29, 0.717) is 34.6 Å². The lowest BCUT2D eigenvalue weighted by molar-refractivity contribution is -0.123. The third-order valence-corrected chi connectivity index (χ3v) is 6.18. The molecule has 158 valence electrons. The Bertz CT molecular complexity index is 1030. The number of likely N-dealkylation sites (N-methyl/N-ethyl adjacent to an activating group) is 1. The van der Waals surface area contributed by atoms with Crippen LogP contribution in [0, 0.1) is 0 Å². The molecule has 0 radical (unpaired) electrons. The molecule has 2 aromatic heterocycles. The first-order valence-electron chi connectivity index (χ1n) is 9.06. The highest BCUT2D eigenvalue weighted by atomic mass is 35.5. The van der Waals surface area contributed by atoms with Crippen molar-refractivity contribution in [3.05, 3.63) is 51.3 Å². The summed E-state index contributed by atoms with van der Waals surface area (Å²) in [5.41, 5.74) is 1.18. The number of hydrogen-bond acceptors (Lipinski definition) is 7. The number of ether oxygens (including phenoxy) is 2. The lowest BCUT2D eigenvalue weighted by atomic mass is 10.2. The summed E-state index contributed by atoms with van der Waals surface area (Å²) in [6.45, 7) is 2.58. The van der Waals surface area contributed by atoms with Crippen LogP contribution in [0.2, 0.25) is 4.34 Å². The highest BCUT2D eigenvalue weighted by Crippen LogP contribution is 2.33. The van der Waals surface area contributed by atoms with Crippen LogP contribution in [0.25, 0.3) is 9.88 Å². The molecule has 0 saturated carbocycles. The van der Waals surface area contributed by atoms with E-state index >= 15 is 0 Å². The fourth-order valence-electron chi connectivity index (χ4n) is 2.53. The van der Waals surface area contributed by atoms with Gasteiger partial charge < -0.3 is 20.1 Å². The fraction of sp³-hybridized carbons (Fsp3) is 0.250. The van der Waals surface area contributed by atoms with Crippen molar-refractivity contribution in [1.82, 2.24) is 15.6 Å². The second kappa shape index (κ2) is 10.4. The van der Waals surface area contributed by atoms with Crippen molar-refractivity contribution >= 4 is 46.1 Å². The Labute approximate surface area is 187 Å². The number of benzene rings is 1. The zero-order valence-corrected chi connectivity index (χ0v) is 18.7. The van der Waals surface area contributed by atoms with E-state index in [1.54, 1.807) is 29.6 Å². The van der Waals surface area contributed by atoms with Crippen LogP contribution in [0.5, 0.6) is 11.5 Å². The Morgan fingerprint density at radius 1 is 1.17 bits per heavy atom. The van der Waals surface area contributed by atoms with Crippen molar-refractivity contribution in [3.8, 4) is 21.4 Å². The lowest BCUT2D eigenvalue weighted by Crippen LogP contribution is -2.28. The molecule has 3 aromatic rings. The van der Waals surface area contributed by atoms with Crippen molar-refractivity contribution < 1.29 is 19.1 Å². The molecule has 3 rings (SSSR count). The number of aromatic nitrogens is 1. The third-order valence-electron chi connectivity index (χ3n) is 3.93. The standard InChI is InChI=1S/C20H20ClN3O4S2/c1-3-22-18(25)10-28-14-5-4-12(8-15(14)27-2)9-23-19(26)13-11-29-20(24-13)16-6-7-17(21)30-16/h4-8,11H,3,9-10H2,1-2H3,(H,22,25)(H,23,26). The van der Waals surface area contributed by atoms with Crippen LogP contribution in [0.15, 0.2) is 35.7 Å². The highest BCUT2D eigenvalue weighted by Gasteiger charge is 2.14. The first kappa shape index (κ1) is 22.1. The van der Waals surface area contributed by atoms with E-state index in [0.717, 1.165) is 15.4 Å². The third kappa shape index (κ3) is 5.71. The molecule has 0 spiro atoms. The Balaban J connectivity index is 1.59. The fourth-order valence-corrected chi connectivity index (χ4v) is 4.44. The van der Waals surface area contributed by atoms with Gasteiger partial charge in [-0.3, -0.25) is 9.59 Å². The maximum atomic E-state index is 12.4. The number of nitrogens with one attached hydrogen (secondary N) is 2. The van der Waals surface area contributed by atoms with Crippen LogP contribution in [0.4, 0.5) is 0 Å². The van der Waals surface area contributed by atoms with Crippen LogP contribution in [0.1, 0.15) is 23.0 Å². The molecule has 0 unspecified atom stereocenters. The van der Waals surface area contributed by atoms with Gasteiger partial charge in [-0.25, -0.2) is 4.98 Å². The number of carbonyl (C=O) groups is 2. The molecular weight excluding hydrogens is 446 g/mol. The van der Waals surface area contributed by atoms with Crippen LogP contribution >= 0.6 is 34.3 Å². The molecule has 0 bridgehead atoms. The van der Waals surface area contributed by atoms with Gasteiger partial charge in [-0.1, -0.05) is 17.7 Å². The van der Waals surface area contributed by atoms with Gasteiger partial charge >= 0.3 is 0 Å². The minimum absolute atomic E-state index is 0.0953. The van der Waals surface area contributed by atoms with Gasteiger partial charge in [-0.05, 0) is 36.8 Å². The number of amides is 2. The molecule has 0 saturated heterocycles. The first-order chi connectivity index (χ1) is 14.5. The minimum atomic E-state index is -0.268. The topological polar surface area (TPSA) is 89.6 Å². The molecule has 0 atom stereocenters. The summed E-state index contributed by atoms with van der Waals surface area (Å²) in [7, 11) is 1.52.